The van der Waals surface area contributed by atoms with Crippen LogP contribution < -0.4 is 15.4 Å². The molecule has 0 aliphatic rings. The third-order valence-electron chi connectivity index (χ3n) is 4.02. The van der Waals surface area contributed by atoms with Crippen molar-refractivity contribution < 1.29 is 13.2 Å². The molecule has 0 unspecified atom stereocenters. The first-order chi connectivity index (χ1) is 13.5. The lowest BCUT2D eigenvalue weighted by atomic mass is 10.1. The molecular formula is C20H26ClN3O3S. The van der Waals surface area contributed by atoms with Gasteiger partial charge in [-0.2, -0.15) is 0 Å². The van der Waals surface area contributed by atoms with Crippen molar-refractivity contribution in [3.8, 4) is 5.75 Å². The van der Waals surface area contributed by atoms with Gasteiger partial charge in [0.1, 0.15) is 5.75 Å². The Hall–Kier alpha value is -2.25. The lowest BCUT2D eigenvalue weighted by Crippen LogP contribution is -2.38. The molecule has 0 saturated carbocycles. The maximum absolute atomic E-state index is 12.3. The second-order valence-corrected chi connectivity index (χ2v) is 8.54. The molecule has 8 heteroatoms. The van der Waals surface area contributed by atoms with E-state index in [-0.39, 0.29) is 12.3 Å². The van der Waals surface area contributed by atoms with Crippen LogP contribution in [0.4, 0.5) is 0 Å². The van der Waals surface area contributed by atoms with Crippen LogP contribution in [0.5, 0.6) is 5.75 Å². The minimum atomic E-state index is -3.34. The molecule has 6 nitrogen and oxygen atoms in total. The summed E-state index contributed by atoms with van der Waals surface area (Å²) in [6.07, 6.45) is 0.704. The Balaban J connectivity index is 1.90. The zero-order valence-corrected chi connectivity index (χ0v) is 17.7. The Morgan fingerprint density at radius 2 is 1.89 bits per heavy atom. The summed E-state index contributed by atoms with van der Waals surface area (Å²) in [5, 5.41) is 6.97. The van der Waals surface area contributed by atoms with Gasteiger partial charge in [-0.25, -0.2) is 8.42 Å². The zero-order chi connectivity index (χ0) is 20.4. The number of aliphatic imine (C=N–C) groups is 1. The lowest BCUT2D eigenvalue weighted by Gasteiger charge is -2.12. The fraction of sp³-hybridized carbons (Fsp3) is 0.350. The molecule has 0 amide bonds. The third kappa shape index (κ3) is 6.73. The molecule has 0 aliphatic heterocycles. The number of sulfone groups is 1. The second-order valence-electron chi connectivity index (χ2n) is 6.03. The molecule has 2 N–H and O–H groups in total. The van der Waals surface area contributed by atoms with Crippen molar-refractivity contribution in [1.29, 1.82) is 0 Å². The Morgan fingerprint density at radius 1 is 1.14 bits per heavy atom. The number of hydrogen-bond donors (Lipinski definition) is 2. The van der Waals surface area contributed by atoms with E-state index in [1.807, 2.05) is 19.1 Å². The number of ether oxygens (including phenoxy) is 1. The molecular weight excluding hydrogens is 398 g/mol. The number of benzene rings is 2. The average Bonchev–Trinajstić information content (AvgIpc) is 2.69. The first-order valence-electron chi connectivity index (χ1n) is 9.08. The van der Waals surface area contributed by atoms with Crippen LogP contribution in [0.15, 0.2) is 58.4 Å². The summed E-state index contributed by atoms with van der Waals surface area (Å²) in [6, 6.07) is 14.0. The van der Waals surface area contributed by atoms with E-state index < -0.39 is 9.84 Å². The van der Waals surface area contributed by atoms with Crippen molar-refractivity contribution in [3.63, 3.8) is 0 Å². The van der Waals surface area contributed by atoms with Crippen molar-refractivity contribution >= 4 is 27.4 Å². The van der Waals surface area contributed by atoms with E-state index >= 15 is 0 Å². The number of nitrogens with one attached hydrogen (secondary N) is 2. The molecule has 0 spiro atoms. The van der Waals surface area contributed by atoms with Gasteiger partial charge >= 0.3 is 0 Å². The van der Waals surface area contributed by atoms with Crippen molar-refractivity contribution in [2.75, 3.05) is 32.5 Å². The van der Waals surface area contributed by atoms with Crippen molar-refractivity contribution in [2.24, 2.45) is 4.99 Å². The third-order valence-corrected chi connectivity index (χ3v) is 6.09. The van der Waals surface area contributed by atoms with Crippen LogP contribution >= 0.6 is 11.6 Å². The van der Waals surface area contributed by atoms with Gasteiger partial charge in [0, 0.05) is 18.1 Å². The summed E-state index contributed by atoms with van der Waals surface area (Å²) < 4.78 is 29.8. The van der Waals surface area contributed by atoms with Gasteiger partial charge in [-0.1, -0.05) is 35.9 Å². The number of rotatable bonds is 9. The van der Waals surface area contributed by atoms with Crippen molar-refractivity contribution in [3.05, 3.63) is 59.1 Å². The first kappa shape index (κ1) is 22.0. The summed E-state index contributed by atoms with van der Waals surface area (Å²) in [7, 11) is -1.74. The Labute approximate surface area is 171 Å². The highest BCUT2D eigenvalue weighted by Crippen LogP contribution is 2.22. The normalized spacial score (nSPS) is 11.9. The zero-order valence-electron chi connectivity index (χ0n) is 16.1. The SMILES string of the molecule is CCNC(=NCCS(=O)(=O)c1ccccc1)NCCc1ccc(OC)cc1Cl. The fourth-order valence-electron chi connectivity index (χ4n) is 2.54. The maximum atomic E-state index is 12.3. The standard InChI is InChI=1S/C20H26ClN3O3S/c1-3-22-20(23-12-11-16-9-10-17(27-2)15-19(16)21)24-13-14-28(25,26)18-7-5-4-6-8-18/h4-10,15H,3,11-14H2,1-2H3,(H2,22,23,24). The molecule has 0 heterocycles. The van der Waals surface area contributed by atoms with Crippen molar-refractivity contribution in [1.82, 2.24) is 10.6 Å². The van der Waals surface area contributed by atoms with Crippen molar-refractivity contribution in [2.45, 2.75) is 18.2 Å². The predicted molar refractivity (Wildman–Crippen MR) is 114 cm³/mol. The van der Waals surface area contributed by atoms with E-state index in [0.717, 1.165) is 11.3 Å². The van der Waals surface area contributed by atoms with Gasteiger partial charge in [0.2, 0.25) is 0 Å². The van der Waals surface area contributed by atoms with Crippen LogP contribution in [-0.4, -0.2) is 46.9 Å². The minimum Gasteiger partial charge on any atom is -0.497 e. The Kier molecular flexibility index (Phi) is 8.60. The van der Waals surface area contributed by atoms with Crippen LogP contribution in [-0.2, 0) is 16.3 Å². The summed E-state index contributed by atoms with van der Waals surface area (Å²) in [5.74, 6) is 1.25. The molecule has 0 saturated heterocycles. The molecule has 2 rings (SSSR count). The number of nitrogens with zero attached hydrogens (tertiary/aromatic N) is 1. The van der Waals surface area contributed by atoms with Gasteiger partial charge in [0.15, 0.2) is 15.8 Å². The van der Waals surface area contributed by atoms with E-state index in [1.165, 1.54) is 0 Å². The molecule has 0 aliphatic carbocycles. The predicted octanol–water partition coefficient (Wildman–Crippen LogP) is 2.92. The smallest absolute Gasteiger partial charge is 0.191 e. The maximum Gasteiger partial charge on any atom is 0.191 e. The average molecular weight is 424 g/mol. The number of methoxy groups -OCH3 is 1. The van der Waals surface area contributed by atoms with Crippen LogP contribution in [0, 0.1) is 0 Å². The molecule has 152 valence electrons. The summed E-state index contributed by atoms with van der Waals surface area (Å²) >= 11 is 6.26. The largest absolute Gasteiger partial charge is 0.497 e. The van der Waals surface area contributed by atoms with E-state index in [9.17, 15) is 8.42 Å². The van der Waals surface area contributed by atoms with E-state index in [2.05, 4.69) is 15.6 Å². The molecule has 2 aromatic carbocycles. The van der Waals surface area contributed by atoms with Crippen LogP contribution in [0.1, 0.15) is 12.5 Å². The molecule has 0 bridgehead atoms. The molecule has 0 aromatic heterocycles. The molecule has 2 aromatic rings. The minimum absolute atomic E-state index is 0.0438. The van der Waals surface area contributed by atoms with Crippen LogP contribution in [0.2, 0.25) is 5.02 Å². The van der Waals surface area contributed by atoms with E-state index in [0.29, 0.717) is 35.4 Å². The second kappa shape index (κ2) is 10.9. The highest BCUT2D eigenvalue weighted by molar-refractivity contribution is 7.91. The molecule has 28 heavy (non-hydrogen) atoms. The Morgan fingerprint density at radius 3 is 2.54 bits per heavy atom. The van der Waals surface area contributed by atoms with Crippen LogP contribution in [0.3, 0.4) is 0 Å². The van der Waals surface area contributed by atoms with Gasteiger partial charge in [-0.3, -0.25) is 4.99 Å². The quantitative estimate of drug-likeness (QED) is 0.479. The highest BCUT2D eigenvalue weighted by atomic mass is 35.5. The van der Waals surface area contributed by atoms with Crippen LogP contribution in [0.25, 0.3) is 0 Å². The van der Waals surface area contributed by atoms with Gasteiger partial charge in [0.05, 0.1) is 24.3 Å². The number of guanidine groups is 1. The van der Waals surface area contributed by atoms with E-state index in [1.54, 1.807) is 43.5 Å². The van der Waals surface area contributed by atoms with E-state index in [4.69, 9.17) is 16.3 Å². The monoisotopic (exact) mass is 423 g/mol. The first-order valence-corrected chi connectivity index (χ1v) is 11.1. The van der Waals surface area contributed by atoms with Gasteiger partial charge < -0.3 is 15.4 Å². The number of halogens is 1. The topological polar surface area (TPSA) is 79.8 Å². The Bertz CT molecular complexity index is 887. The highest BCUT2D eigenvalue weighted by Gasteiger charge is 2.13. The van der Waals surface area contributed by atoms with Gasteiger partial charge in [0.25, 0.3) is 0 Å². The molecule has 0 atom stereocenters. The summed E-state index contributed by atoms with van der Waals surface area (Å²) in [4.78, 5) is 4.68. The van der Waals surface area contributed by atoms with Gasteiger partial charge in [-0.05, 0) is 43.2 Å². The molecule has 0 fully saturated rings. The summed E-state index contributed by atoms with van der Waals surface area (Å²) in [5.41, 5.74) is 0.998. The molecule has 0 radical (unpaired) electrons. The lowest BCUT2D eigenvalue weighted by molar-refractivity contribution is 0.414. The number of hydrogen-bond acceptors (Lipinski definition) is 4. The fourth-order valence-corrected chi connectivity index (χ4v) is 3.94. The van der Waals surface area contributed by atoms with Gasteiger partial charge in [-0.15, -0.1) is 0 Å². The summed E-state index contributed by atoms with van der Waals surface area (Å²) in [6.45, 7) is 3.43.